The minimum atomic E-state index is 0. The van der Waals surface area contributed by atoms with Crippen molar-refractivity contribution in [1.82, 2.24) is 25.4 Å². The predicted molar refractivity (Wildman–Crippen MR) is 100 cm³/mol. The minimum Gasteiger partial charge on any atom is -0.364 e. The van der Waals surface area contributed by atoms with Crippen LogP contribution < -0.4 is 5.32 Å². The van der Waals surface area contributed by atoms with Gasteiger partial charge in [0.25, 0.3) is 0 Å². The minimum absolute atomic E-state index is 0. The molecule has 0 radical (unpaired) electrons. The Hall–Kier alpha value is -1.62. The summed E-state index contributed by atoms with van der Waals surface area (Å²) in [4.78, 5) is 9.29. The third kappa shape index (κ3) is 5.20. The summed E-state index contributed by atoms with van der Waals surface area (Å²) in [5.74, 6) is 0.927. The molecule has 3 rings (SSSR count). The lowest BCUT2D eigenvalue weighted by molar-refractivity contribution is 0.169. The molecule has 24 heavy (non-hydrogen) atoms. The molecule has 1 saturated heterocycles. The van der Waals surface area contributed by atoms with Gasteiger partial charge in [-0.2, -0.15) is 0 Å². The van der Waals surface area contributed by atoms with Crippen molar-refractivity contribution in [3.05, 3.63) is 36.0 Å². The van der Waals surface area contributed by atoms with Gasteiger partial charge in [0.1, 0.15) is 18.2 Å². The first kappa shape index (κ1) is 18.7. The van der Waals surface area contributed by atoms with Gasteiger partial charge in [-0.1, -0.05) is 10.3 Å². The Morgan fingerprint density at radius 1 is 1.12 bits per heavy atom. The molecular weight excluding hydrogens is 423 g/mol. The van der Waals surface area contributed by atoms with E-state index < -0.39 is 0 Å². The fourth-order valence-electron chi connectivity index (χ4n) is 2.57. The molecule has 132 valence electrons. The summed E-state index contributed by atoms with van der Waals surface area (Å²) in [7, 11) is 0. The van der Waals surface area contributed by atoms with E-state index in [0.29, 0.717) is 6.54 Å². The van der Waals surface area contributed by atoms with Gasteiger partial charge in [0.2, 0.25) is 0 Å². The van der Waals surface area contributed by atoms with Crippen molar-refractivity contribution in [2.24, 2.45) is 4.99 Å². The van der Waals surface area contributed by atoms with Crippen LogP contribution >= 0.6 is 24.0 Å². The third-order valence-corrected chi connectivity index (χ3v) is 3.77. The highest BCUT2D eigenvalue weighted by atomic mass is 127. The second kappa shape index (κ2) is 9.62. The molecule has 0 aliphatic carbocycles. The van der Waals surface area contributed by atoms with Crippen LogP contribution in [0, 0.1) is 0 Å². The quantitative estimate of drug-likeness (QED) is 0.424. The van der Waals surface area contributed by atoms with Gasteiger partial charge in [-0.15, -0.1) is 24.0 Å². The molecule has 0 atom stereocenters. The van der Waals surface area contributed by atoms with Gasteiger partial charge in [0, 0.05) is 51.4 Å². The highest BCUT2D eigenvalue weighted by Crippen LogP contribution is 2.08. The molecule has 0 spiro atoms. The number of hydrogen-bond acceptors (Lipinski definition) is 6. The Morgan fingerprint density at radius 3 is 2.38 bits per heavy atom. The van der Waals surface area contributed by atoms with Crippen molar-refractivity contribution in [2.75, 3.05) is 32.7 Å². The molecule has 1 N–H and O–H groups in total. The molecule has 0 aromatic carbocycles. The predicted octanol–water partition coefficient (Wildman–Crippen LogP) is 1.56. The normalized spacial score (nSPS) is 16.0. The lowest BCUT2D eigenvalue weighted by Gasteiger charge is -2.36. The van der Waals surface area contributed by atoms with Crippen LogP contribution in [0.5, 0.6) is 0 Å². The van der Waals surface area contributed by atoms with Gasteiger partial charge >= 0.3 is 0 Å². The first-order valence-electron chi connectivity index (χ1n) is 7.89. The van der Waals surface area contributed by atoms with E-state index in [-0.39, 0.29) is 24.0 Å². The SMILES string of the molecule is CCNC(=NCc1ccon1)N1CCN(Cc2ccon2)CC1.I. The number of nitrogens with zero attached hydrogens (tertiary/aromatic N) is 5. The smallest absolute Gasteiger partial charge is 0.194 e. The van der Waals surface area contributed by atoms with Gasteiger partial charge in [0.05, 0.1) is 12.2 Å². The summed E-state index contributed by atoms with van der Waals surface area (Å²) in [6.45, 7) is 8.09. The summed E-state index contributed by atoms with van der Waals surface area (Å²) in [5.41, 5.74) is 1.81. The topological polar surface area (TPSA) is 82.9 Å². The Labute approximate surface area is 158 Å². The number of aromatic nitrogens is 2. The number of guanidine groups is 1. The standard InChI is InChI=1S/C15H22N6O2.HI/c1-2-16-15(17-11-13-3-9-22-18-13)21-7-5-20(6-8-21)12-14-4-10-23-19-14;/h3-4,9-10H,2,5-8,11-12H2,1H3,(H,16,17);1H. The first-order chi connectivity index (χ1) is 11.3. The van der Waals surface area contributed by atoms with Gasteiger partial charge in [-0.3, -0.25) is 4.90 Å². The zero-order chi connectivity index (χ0) is 15.9. The molecule has 1 aliphatic rings. The number of aliphatic imine (C=N–C) groups is 1. The highest BCUT2D eigenvalue weighted by molar-refractivity contribution is 14.0. The summed E-state index contributed by atoms with van der Waals surface area (Å²) in [6.07, 6.45) is 3.19. The van der Waals surface area contributed by atoms with Crippen LogP contribution in [0.3, 0.4) is 0 Å². The molecule has 0 bridgehead atoms. The third-order valence-electron chi connectivity index (χ3n) is 3.77. The Morgan fingerprint density at radius 2 is 1.79 bits per heavy atom. The Kier molecular flexibility index (Phi) is 7.50. The summed E-state index contributed by atoms with van der Waals surface area (Å²) in [5, 5.41) is 11.2. The van der Waals surface area contributed by atoms with Crippen molar-refractivity contribution in [2.45, 2.75) is 20.0 Å². The molecule has 1 fully saturated rings. The number of nitrogens with one attached hydrogen (secondary N) is 1. The van der Waals surface area contributed by atoms with Crippen molar-refractivity contribution in [3.8, 4) is 0 Å². The van der Waals surface area contributed by atoms with E-state index >= 15 is 0 Å². The highest BCUT2D eigenvalue weighted by Gasteiger charge is 2.20. The zero-order valence-corrected chi connectivity index (χ0v) is 16.1. The fraction of sp³-hybridized carbons (Fsp3) is 0.533. The molecule has 0 saturated carbocycles. The van der Waals surface area contributed by atoms with Crippen molar-refractivity contribution in [1.29, 1.82) is 0 Å². The van der Waals surface area contributed by atoms with Crippen LogP contribution in [0.2, 0.25) is 0 Å². The molecule has 3 heterocycles. The average Bonchev–Trinajstić information content (AvgIpc) is 3.26. The van der Waals surface area contributed by atoms with E-state index in [1.54, 1.807) is 12.5 Å². The van der Waals surface area contributed by atoms with Crippen molar-refractivity contribution < 1.29 is 9.05 Å². The van der Waals surface area contributed by atoms with Crippen LogP contribution in [0.25, 0.3) is 0 Å². The van der Waals surface area contributed by atoms with Crippen LogP contribution in [-0.4, -0.2) is 58.8 Å². The van der Waals surface area contributed by atoms with Crippen molar-refractivity contribution in [3.63, 3.8) is 0 Å². The number of halogens is 1. The lowest BCUT2D eigenvalue weighted by atomic mass is 10.3. The summed E-state index contributed by atoms with van der Waals surface area (Å²) in [6, 6.07) is 3.75. The second-order valence-corrected chi connectivity index (χ2v) is 5.41. The van der Waals surface area contributed by atoms with Crippen molar-refractivity contribution >= 4 is 29.9 Å². The number of hydrogen-bond donors (Lipinski definition) is 1. The Balaban J connectivity index is 0.00000208. The molecular formula is C15H23IN6O2. The second-order valence-electron chi connectivity index (χ2n) is 5.41. The average molecular weight is 446 g/mol. The van der Waals surface area contributed by atoms with E-state index in [1.807, 2.05) is 12.1 Å². The summed E-state index contributed by atoms with van der Waals surface area (Å²) >= 11 is 0. The van der Waals surface area contributed by atoms with E-state index in [0.717, 1.165) is 56.6 Å². The monoisotopic (exact) mass is 446 g/mol. The van der Waals surface area contributed by atoms with E-state index in [9.17, 15) is 0 Å². The zero-order valence-electron chi connectivity index (χ0n) is 13.7. The molecule has 0 amide bonds. The molecule has 2 aromatic rings. The largest absolute Gasteiger partial charge is 0.364 e. The molecule has 9 heteroatoms. The van der Waals surface area contributed by atoms with Crippen LogP contribution in [0.1, 0.15) is 18.3 Å². The number of rotatable bonds is 5. The van der Waals surface area contributed by atoms with Gasteiger partial charge < -0.3 is 19.3 Å². The first-order valence-corrected chi connectivity index (χ1v) is 7.89. The van der Waals surface area contributed by atoms with Gasteiger partial charge in [-0.05, 0) is 6.92 Å². The maximum absolute atomic E-state index is 4.88. The van der Waals surface area contributed by atoms with Gasteiger partial charge in [-0.25, -0.2) is 4.99 Å². The number of piperazine rings is 1. The molecule has 8 nitrogen and oxygen atoms in total. The van der Waals surface area contributed by atoms with Crippen LogP contribution in [0.15, 0.2) is 38.7 Å². The lowest BCUT2D eigenvalue weighted by Crippen LogP contribution is -2.52. The van der Waals surface area contributed by atoms with Crippen LogP contribution in [0.4, 0.5) is 0 Å². The van der Waals surface area contributed by atoms with Gasteiger partial charge in [0.15, 0.2) is 5.96 Å². The van der Waals surface area contributed by atoms with E-state index in [1.165, 1.54) is 0 Å². The summed E-state index contributed by atoms with van der Waals surface area (Å²) < 4.78 is 9.73. The molecule has 2 aromatic heterocycles. The Bertz CT molecular complexity index is 594. The van der Waals surface area contributed by atoms with Crippen LogP contribution in [-0.2, 0) is 13.1 Å². The van der Waals surface area contributed by atoms with E-state index in [2.05, 4.69) is 37.3 Å². The maximum Gasteiger partial charge on any atom is 0.194 e. The molecule has 0 unspecified atom stereocenters. The van der Waals surface area contributed by atoms with E-state index in [4.69, 9.17) is 9.05 Å². The fourth-order valence-corrected chi connectivity index (χ4v) is 2.57. The maximum atomic E-state index is 4.88. The molecule has 1 aliphatic heterocycles.